The zero-order valence-electron chi connectivity index (χ0n) is 11.7. The molecule has 0 bridgehead atoms. The maximum absolute atomic E-state index is 12.5. The first-order valence-corrected chi connectivity index (χ1v) is 6.74. The number of amides is 1. The Hall–Kier alpha value is -3.49. The van der Waals surface area contributed by atoms with E-state index >= 15 is 0 Å². The number of hydrogen-bond donors (Lipinski definition) is 2. The minimum absolute atomic E-state index is 0.128. The predicted octanol–water partition coefficient (Wildman–Crippen LogP) is 0.899. The van der Waals surface area contributed by atoms with Crippen molar-refractivity contribution in [2.45, 2.75) is 6.54 Å². The Bertz CT molecular complexity index is 1060. The first-order valence-electron chi connectivity index (χ1n) is 6.74. The number of aromatic amines is 1. The molecule has 0 spiro atoms. The fourth-order valence-corrected chi connectivity index (χ4v) is 2.33. The van der Waals surface area contributed by atoms with Gasteiger partial charge in [0.2, 0.25) is 11.5 Å². The Morgan fingerprint density at radius 1 is 1.35 bits per heavy atom. The number of para-hydroxylation sites is 1. The van der Waals surface area contributed by atoms with E-state index in [1.165, 1.54) is 17.1 Å². The van der Waals surface area contributed by atoms with Crippen LogP contribution in [0.1, 0.15) is 0 Å². The zero-order chi connectivity index (χ0) is 15.8. The van der Waals surface area contributed by atoms with Gasteiger partial charge in [0.1, 0.15) is 17.6 Å². The number of aromatic nitrogens is 5. The Morgan fingerprint density at radius 2 is 2.22 bits per heavy atom. The van der Waals surface area contributed by atoms with Gasteiger partial charge in [-0.1, -0.05) is 12.1 Å². The lowest BCUT2D eigenvalue weighted by molar-refractivity contribution is -0.116. The molecule has 0 aliphatic rings. The molecular formula is C14H10N6O3. The van der Waals surface area contributed by atoms with Crippen LogP contribution in [0.3, 0.4) is 0 Å². The molecule has 3 aromatic heterocycles. The number of rotatable bonds is 3. The van der Waals surface area contributed by atoms with Crippen LogP contribution in [-0.4, -0.2) is 30.9 Å². The maximum atomic E-state index is 12.5. The van der Waals surface area contributed by atoms with Crippen LogP contribution < -0.4 is 10.9 Å². The Balaban J connectivity index is 1.70. The number of carbonyl (C=O) groups is 1. The molecule has 23 heavy (non-hydrogen) atoms. The topological polar surface area (TPSA) is 119 Å². The highest BCUT2D eigenvalue weighted by Crippen LogP contribution is 2.23. The van der Waals surface area contributed by atoms with E-state index in [9.17, 15) is 9.59 Å². The van der Waals surface area contributed by atoms with Gasteiger partial charge in [0.05, 0.1) is 12.5 Å². The number of hydrogen-bond acceptors (Lipinski definition) is 6. The van der Waals surface area contributed by atoms with Gasteiger partial charge in [-0.15, -0.1) is 5.10 Å². The molecule has 1 aromatic carbocycles. The normalized spacial score (nSPS) is 11.1. The summed E-state index contributed by atoms with van der Waals surface area (Å²) in [7, 11) is 0. The summed E-state index contributed by atoms with van der Waals surface area (Å²) in [6.07, 6.45) is 2.69. The Labute approximate surface area is 127 Å². The number of fused-ring (bicyclic) bond motifs is 3. The van der Waals surface area contributed by atoms with Gasteiger partial charge in [-0.05, 0) is 12.1 Å². The van der Waals surface area contributed by atoms with Crippen LogP contribution in [0.25, 0.3) is 22.1 Å². The molecule has 9 nitrogen and oxygen atoms in total. The van der Waals surface area contributed by atoms with Gasteiger partial charge < -0.3 is 9.73 Å². The molecule has 4 aromatic rings. The molecule has 9 heteroatoms. The molecule has 0 atom stereocenters. The molecule has 0 radical (unpaired) electrons. The van der Waals surface area contributed by atoms with Crippen LogP contribution in [0.2, 0.25) is 0 Å². The van der Waals surface area contributed by atoms with E-state index in [2.05, 4.69) is 25.7 Å². The third kappa shape index (κ3) is 2.24. The second kappa shape index (κ2) is 5.05. The Morgan fingerprint density at radius 3 is 3.04 bits per heavy atom. The fraction of sp³-hybridized carbons (Fsp3) is 0.0714. The van der Waals surface area contributed by atoms with Gasteiger partial charge in [0.25, 0.3) is 5.56 Å². The molecule has 0 saturated heterocycles. The number of H-pyrrole nitrogens is 1. The van der Waals surface area contributed by atoms with E-state index in [0.717, 1.165) is 5.39 Å². The van der Waals surface area contributed by atoms with Gasteiger partial charge in [-0.3, -0.25) is 14.2 Å². The summed E-state index contributed by atoms with van der Waals surface area (Å²) in [5.41, 5.74) is 0.778. The maximum Gasteiger partial charge on any atom is 0.297 e. The van der Waals surface area contributed by atoms with E-state index in [1.54, 1.807) is 6.07 Å². The molecular weight excluding hydrogens is 300 g/mol. The van der Waals surface area contributed by atoms with Crippen molar-refractivity contribution in [1.29, 1.82) is 0 Å². The van der Waals surface area contributed by atoms with Gasteiger partial charge >= 0.3 is 0 Å². The van der Waals surface area contributed by atoms with E-state index in [4.69, 9.17) is 4.42 Å². The van der Waals surface area contributed by atoms with Gasteiger partial charge in [0.15, 0.2) is 5.82 Å². The molecule has 0 unspecified atom stereocenters. The average molecular weight is 310 g/mol. The summed E-state index contributed by atoms with van der Waals surface area (Å²) >= 11 is 0. The first kappa shape index (κ1) is 13.2. The summed E-state index contributed by atoms with van der Waals surface area (Å²) in [5, 5.41) is 12.9. The fourth-order valence-electron chi connectivity index (χ4n) is 2.33. The van der Waals surface area contributed by atoms with Gasteiger partial charge in [-0.2, -0.15) is 10.3 Å². The second-order valence-corrected chi connectivity index (χ2v) is 4.86. The molecule has 0 fully saturated rings. The molecule has 114 valence electrons. The number of nitrogens with zero attached hydrogens (tertiary/aromatic N) is 4. The number of carbonyl (C=O) groups excluding carboxylic acids is 1. The zero-order valence-corrected chi connectivity index (χ0v) is 11.7. The third-order valence-electron chi connectivity index (χ3n) is 3.35. The molecule has 0 saturated carbocycles. The van der Waals surface area contributed by atoms with Crippen molar-refractivity contribution in [2.24, 2.45) is 0 Å². The quantitative estimate of drug-likeness (QED) is 0.580. The van der Waals surface area contributed by atoms with Crippen LogP contribution in [0.15, 0.2) is 46.0 Å². The van der Waals surface area contributed by atoms with Gasteiger partial charge in [0, 0.05) is 5.39 Å². The standard InChI is InChI=1S/C14H10N6O3/c21-11(17-10-5-16-19-18-10)6-20-7-15-12-8-3-1-2-4-9(8)23-13(12)14(20)22/h1-5,7H,6H2,(H2,16,17,18,19,21). The molecule has 2 N–H and O–H groups in total. The van der Waals surface area contributed by atoms with Crippen molar-refractivity contribution in [3.05, 3.63) is 47.1 Å². The van der Waals surface area contributed by atoms with Crippen molar-refractivity contribution < 1.29 is 9.21 Å². The lowest BCUT2D eigenvalue weighted by atomic mass is 10.2. The molecule has 4 rings (SSSR count). The van der Waals surface area contributed by atoms with Crippen molar-refractivity contribution in [2.75, 3.05) is 5.32 Å². The van der Waals surface area contributed by atoms with Crippen molar-refractivity contribution in [3.8, 4) is 0 Å². The van der Waals surface area contributed by atoms with E-state index < -0.39 is 11.5 Å². The Kier molecular flexibility index (Phi) is 2.90. The molecule has 0 aliphatic carbocycles. The largest absolute Gasteiger partial charge is 0.448 e. The van der Waals surface area contributed by atoms with E-state index in [1.807, 2.05) is 18.2 Å². The van der Waals surface area contributed by atoms with Crippen LogP contribution in [0.4, 0.5) is 5.82 Å². The molecule has 0 aliphatic heterocycles. The SMILES string of the molecule is O=C(Cn1cnc2c(oc3ccccc32)c1=O)Nc1cn[nH]n1. The highest BCUT2D eigenvalue weighted by Gasteiger charge is 2.14. The van der Waals surface area contributed by atoms with Crippen LogP contribution in [-0.2, 0) is 11.3 Å². The van der Waals surface area contributed by atoms with Crippen LogP contribution >= 0.6 is 0 Å². The molecule has 3 heterocycles. The van der Waals surface area contributed by atoms with Crippen molar-refractivity contribution in [1.82, 2.24) is 25.0 Å². The summed E-state index contributed by atoms with van der Waals surface area (Å²) in [4.78, 5) is 28.6. The van der Waals surface area contributed by atoms with E-state index in [0.29, 0.717) is 11.1 Å². The minimum Gasteiger partial charge on any atom is -0.448 e. The molecule has 1 amide bonds. The van der Waals surface area contributed by atoms with Crippen LogP contribution in [0, 0.1) is 0 Å². The number of benzene rings is 1. The lowest BCUT2D eigenvalue weighted by Crippen LogP contribution is -2.27. The van der Waals surface area contributed by atoms with E-state index in [-0.39, 0.29) is 17.9 Å². The number of anilines is 1. The van der Waals surface area contributed by atoms with Gasteiger partial charge in [-0.25, -0.2) is 4.98 Å². The lowest BCUT2D eigenvalue weighted by Gasteiger charge is -2.04. The summed E-state index contributed by atoms with van der Waals surface area (Å²) < 4.78 is 6.74. The highest BCUT2D eigenvalue weighted by atomic mass is 16.3. The van der Waals surface area contributed by atoms with Crippen molar-refractivity contribution >= 4 is 33.8 Å². The average Bonchev–Trinajstić information content (AvgIpc) is 3.17. The first-order chi connectivity index (χ1) is 11.2. The summed E-state index contributed by atoms with van der Waals surface area (Å²) in [6.45, 7) is -0.203. The monoisotopic (exact) mass is 310 g/mol. The van der Waals surface area contributed by atoms with Crippen LogP contribution in [0.5, 0.6) is 0 Å². The van der Waals surface area contributed by atoms with Crippen molar-refractivity contribution in [3.63, 3.8) is 0 Å². The third-order valence-corrected chi connectivity index (χ3v) is 3.35. The summed E-state index contributed by atoms with van der Waals surface area (Å²) in [6, 6.07) is 7.25. The number of furan rings is 1. The summed E-state index contributed by atoms with van der Waals surface area (Å²) in [5.74, 6) is -0.140. The minimum atomic E-state index is -0.418. The second-order valence-electron chi connectivity index (χ2n) is 4.86. The predicted molar refractivity (Wildman–Crippen MR) is 80.8 cm³/mol. The smallest absolute Gasteiger partial charge is 0.297 e. The number of nitrogens with one attached hydrogen (secondary N) is 2. The highest BCUT2D eigenvalue weighted by molar-refractivity contribution is 6.01.